The molecule has 8 heteroatoms. The average molecular weight is 386 g/mol. The van der Waals surface area contributed by atoms with E-state index in [0.29, 0.717) is 22.3 Å². The van der Waals surface area contributed by atoms with Gasteiger partial charge >= 0.3 is 0 Å². The van der Waals surface area contributed by atoms with Gasteiger partial charge in [-0.2, -0.15) is 0 Å². The molecule has 0 fully saturated rings. The molecule has 0 saturated carbocycles. The van der Waals surface area contributed by atoms with Crippen LogP contribution in [0.2, 0.25) is 10.0 Å². The zero-order valence-corrected chi connectivity index (χ0v) is 15.1. The second-order valence-corrected chi connectivity index (χ2v) is 5.66. The summed E-state index contributed by atoms with van der Waals surface area (Å²) in [5.74, 6) is 1.37. The molecular formula is C16H15Cl3N4O. The molecule has 0 atom stereocenters. The Morgan fingerprint density at radius 3 is 2.62 bits per heavy atom. The zero-order valence-electron chi connectivity index (χ0n) is 12.7. The molecule has 1 N–H and O–H groups in total. The fraction of sp³-hybridized carbons (Fsp3) is 0.125. The minimum Gasteiger partial charge on any atom is -0.457 e. The Bertz CT molecular complexity index is 809. The maximum absolute atomic E-state index is 6.03. The van der Waals surface area contributed by atoms with E-state index in [0.717, 1.165) is 17.0 Å². The van der Waals surface area contributed by atoms with E-state index in [1.165, 1.54) is 0 Å². The van der Waals surface area contributed by atoms with Crippen molar-refractivity contribution in [2.45, 2.75) is 6.54 Å². The summed E-state index contributed by atoms with van der Waals surface area (Å²) in [6, 6.07) is 11.0. The lowest BCUT2D eigenvalue weighted by Gasteiger charge is -2.13. The number of halogens is 3. The van der Waals surface area contributed by atoms with Gasteiger partial charge in [0.15, 0.2) is 0 Å². The van der Waals surface area contributed by atoms with Gasteiger partial charge in [-0.05, 0) is 37.4 Å². The molecule has 0 aliphatic rings. The third-order valence-corrected chi connectivity index (χ3v) is 3.96. The number of hydrogen-bond donors (Lipinski definition) is 1. The average Bonchev–Trinajstić information content (AvgIpc) is 3.07. The third kappa shape index (κ3) is 4.19. The summed E-state index contributed by atoms with van der Waals surface area (Å²) in [5, 5.41) is 11.9. The number of nitrogens with zero attached hydrogens (tertiary/aromatic N) is 3. The van der Waals surface area contributed by atoms with Gasteiger partial charge in [0, 0.05) is 18.2 Å². The fourth-order valence-electron chi connectivity index (χ4n) is 2.15. The van der Waals surface area contributed by atoms with Crippen LogP contribution in [0, 0.1) is 0 Å². The zero-order chi connectivity index (χ0) is 16.2. The molecule has 0 aliphatic heterocycles. The highest BCUT2D eigenvalue weighted by Crippen LogP contribution is 2.31. The van der Waals surface area contributed by atoms with Crippen LogP contribution in [-0.2, 0) is 6.54 Å². The molecule has 1 heterocycles. The Labute approximate surface area is 155 Å². The Kier molecular flexibility index (Phi) is 6.45. The molecule has 0 amide bonds. The van der Waals surface area contributed by atoms with Gasteiger partial charge < -0.3 is 10.1 Å². The topological polar surface area (TPSA) is 52.0 Å². The SMILES string of the molecule is CNCc1cc(-n2ccnn2)ccc1Oc1ccc(Cl)c(Cl)c1.Cl. The molecule has 0 spiro atoms. The summed E-state index contributed by atoms with van der Waals surface area (Å²) < 4.78 is 7.64. The lowest BCUT2D eigenvalue weighted by Crippen LogP contribution is -2.07. The normalized spacial score (nSPS) is 10.3. The molecular weight excluding hydrogens is 371 g/mol. The second-order valence-electron chi connectivity index (χ2n) is 4.85. The van der Waals surface area contributed by atoms with Crippen LogP contribution in [0.25, 0.3) is 5.69 Å². The number of rotatable bonds is 5. The van der Waals surface area contributed by atoms with E-state index < -0.39 is 0 Å². The Hall–Kier alpha value is -1.79. The molecule has 0 radical (unpaired) electrons. The number of nitrogens with one attached hydrogen (secondary N) is 1. The molecule has 3 rings (SSSR count). The van der Waals surface area contributed by atoms with Crippen LogP contribution in [0.3, 0.4) is 0 Å². The minimum absolute atomic E-state index is 0. The van der Waals surface area contributed by atoms with Gasteiger partial charge in [0.1, 0.15) is 11.5 Å². The van der Waals surface area contributed by atoms with Crippen molar-refractivity contribution < 1.29 is 4.74 Å². The van der Waals surface area contributed by atoms with Crippen molar-refractivity contribution in [1.82, 2.24) is 20.3 Å². The first kappa shape index (κ1) is 18.5. The van der Waals surface area contributed by atoms with Gasteiger partial charge in [0.25, 0.3) is 0 Å². The molecule has 0 saturated heterocycles. The summed E-state index contributed by atoms with van der Waals surface area (Å²) in [6.07, 6.45) is 3.43. The van der Waals surface area contributed by atoms with Gasteiger partial charge in [-0.1, -0.05) is 28.4 Å². The Morgan fingerprint density at radius 2 is 1.96 bits per heavy atom. The van der Waals surface area contributed by atoms with Crippen molar-refractivity contribution in [3.05, 3.63) is 64.4 Å². The van der Waals surface area contributed by atoms with Gasteiger partial charge in [0.05, 0.1) is 28.1 Å². The van der Waals surface area contributed by atoms with E-state index in [1.54, 1.807) is 35.3 Å². The van der Waals surface area contributed by atoms with Gasteiger partial charge in [0.2, 0.25) is 0 Å². The van der Waals surface area contributed by atoms with Crippen LogP contribution in [0.4, 0.5) is 0 Å². The molecule has 2 aromatic carbocycles. The summed E-state index contributed by atoms with van der Waals surface area (Å²) in [5.41, 5.74) is 1.90. The largest absolute Gasteiger partial charge is 0.457 e. The van der Waals surface area contributed by atoms with Gasteiger partial charge in [-0.25, -0.2) is 4.68 Å². The molecule has 0 bridgehead atoms. The highest BCUT2D eigenvalue weighted by molar-refractivity contribution is 6.42. The quantitative estimate of drug-likeness (QED) is 0.702. The Morgan fingerprint density at radius 1 is 1.12 bits per heavy atom. The Balaban J connectivity index is 0.00000208. The van der Waals surface area contributed by atoms with Crippen LogP contribution in [0.5, 0.6) is 11.5 Å². The molecule has 126 valence electrons. The second kappa shape index (κ2) is 8.35. The molecule has 0 aliphatic carbocycles. The molecule has 5 nitrogen and oxygen atoms in total. The maximum Gasteiger partial charge on any atom is 0.132 e. The molecule has 0 unspecified atom stereocenters. The van der Waals surface area contributed by atoms with Crippen molar-refractivity contribution in [3.63, 3.8) is 0 Å². The first-order valence-electron chi connectivity index (χ1n) is 6.94. The predicted molar refractivity (Wildman–Crippen MR) is 97.9 cm³/mol. The van der Waals surface area contributed by atoms with Crippen molar-refractivity contribution in [3.8, 4) is 17.2 Å². The third-order valence-electron chi connectivity index (χ3n) is 3.22. The highest BCUT2D eigenvalue weighted by atomic mass is 35.5. The standard InChI is InChI=1S/C16H14Cl2N4O.ClH/c1-19-10-11-8-12(22-7-6-20-21-22)2-5-16(11)23-13-3-4-14(17)15(18)9-13;/h2-9,19H,10H2,1H3;1H. The highest BCUT2D eigenvalue weighted by Gasteiger charge is 2.09. The number of ether oxygens (including phenoxy) is 1. The van der Waals surface area contributed by atoms with Crippen molar-refractivity contribution >= 4 is 35.6 Å². The van der Waals surface area contributed by atoms with Crippen LogP contribution < -0.4 is 10.1 Å². The molecule has 24 heavy (non-hydrogen) atoms. The van der Waals surface area contributed by atoms with Gasteiger partial charge in [-0.15, -0.1) is 17.5 Å². The van der Waals surface area contributed by atoms with E-state index in [1.807, 2.05) is 25.2 Å². The van der Waals surface area contributed by atoms with E-state index in [4.69, 9.17) is 27.9 Å². The van der Waals surface area contributed by atoms with Crippen molar-refractivity contribution in [1.29, 1.82) is 0 Å². The summed E-state index contributed by atoms with van der Waals surface area (Å²) in [7, 11) is 1.88. The van der Waals surface area contributed by atoms with Crippen molar-refractivity contribution in [2.24, 2.45) is 0 Å². The summed E-state index contributed by atoms with van der Waals surface area (Å²) >= 11 is 12.0. The molecule has 1 aromatic heterocycles. The van der Waals surface area contributed by atoms with Gasteiger partial charge in [-0.3, -0.25) is 0 Å². The summed E-state index contributed by atoms with van der Waals surface area (Å²) in [4.78, 5) is 0. The van der Waals surface area contributed by atoms with E-state index in [9.17, 15) is 0 Å². The lowest BCUT2D eigenvalue weighted by molar-refractivity contribution is 0.474. The number of benzene rings is 2. The van der Waals surface area contributed by atoms with E-state index in [2.05, 4.69) is 15.6 Å². The summed E-state index contributed by atoms with van der Waals surface area (Å²) in [6.45, 7) is 0.652. The first-order chi connectivity index (χ1) is 11.2. The maximum atomic E-state index is 6.03. The first-order valence-corrected chi connectivity index (χ1v) is 7.70. The number of aromatic nitrogens is 3. The lowest BCUT2D eigenvalue weighted by atomic mass is 10.1. The van der Waals surface area contributed by atoms with Crippen molar-refractivity contribution in [2.75, 3.05) is 7.05 Å². The monoisotopic (exact) mass is 384 g/mol. The van der Waals surface area contributed by atoms with E-state index >= 15 is 0 Å². The van der Waals surface area contributed by atoms with E-state index in [-0.39, 0.29) is 12.4 Å². The minimum atomic E-state index is 0. The van der Waals surface area contributed by atoms with Crippen LogP contribution >= 0.6 is 35.6 Å². The van der Waals surface area contributed by atoms with Crippen LogP contribution in [0.1, 0.15) is 5.56 Å². The fourth-order valence-corrected chi connectivity index (χ4v) is 2.44. The molecule has 3 aromatic rings. The van der Waals surface area contributed by atoms with Crippen LogP contribution in [0.15, 0.2) is 48.8 Å². The number of hydrogen-bond acceptors (Lipinski definition) is 4. The van der Waals surface area contributed by atoms with Crippen LogP contribution in [-0.4, -0.2) is 22.0 Å². The smallest absolute Gasteiger partial charge is 0.132 e. The predicted octanol–water partition coefficient (Wildman–Crippen LogP) is 4.51.